The molecule has 3 heterocycles. The maximum absolute atomic E-state index is 13.7. The molecule has 3 saturated heterocycles. The normalized spacial score (nSPS) is 33.2. The molecular formula is C25H35N3O5. The largest absolute Gasteiger partial charge is 0.394 e. The molecule has 33 heavy (non-hydrogen) atoms. The van der Waals surface area contributed by atoms with Crippen molar-refractivity contribution in [3.63, 3.8) is 0 Å². The number of benzene rings is 1. The molecular weight excluding hydrogens is 422 g/mol. The van der Waals surface area contributed by atoms with E-state index in [9.17, 15) is 19.5 Å². The highest BCUT2D eigenvalue weighted by atomic mass is 16.5. The van der Waals surface area contributed by atoms with E-state index >= 15 is 0 Å². The lowest BCUT2D eigenvalue weighted by Gasteiger charge is -2.35. The highest BCUT2D eigenvalue weighted by Crippen LogP contribution is 2.63. The number of fused-ring (bicyclic) bond motifs is 1. The number of hydrogen-bond donors (Lipinski definition) is 3. The molecule has 8 heteroatoms. The first-order valence-corrected chi connectivity index (χ1v) is 12.0. The van der Waals surface area contributed by atoms with Gasteiger partial charge in [-0.15, -0.1) is 0 Å². The number of hydrogen-bond acceptors (Lipinski definition) is 5. The minimum atomic E-state index is -1.06. The number of amides is 3. The Morgan fingerprint density at radius 3 is 2.61 bits per heavy atom. The van der Waals surface area contributed by atoms with Crippen molar-refractivity contribution in [2.24, 2.45) is 11.8 Å². The lowest BCUT2D eigenvalue weighted by Crippen LogP contribution is -2.57. The highest BCUT2D eigenvalue weighted by molar-refractivity contribution is 5.99. The minimum absolute atomic E-state index is 0.232. The molecule has 3 N–H and O–H groups in total. The van der Waals surface area contributed by atoms with Gasteiger partial charge in [0.25, 0.3) is 0 Å². The van der Waals surface area contributed by atoms with E-state index in [-0.39, 0.29) is 24.3 Å². The average molecular weight is 458 g/mol. The number of nitrogens with one attached hydrogen (secondary N) is 2. The monoisotopic (exact) mass is 457 g/mol. The van der Waals surface area contributed by atoms with E-state index in [0.717, 1.165) is 18.4 Å². The van der Waals surface area contributed by atoms with E-state index in [1.165, 1.54) is 4.90 Å². The van der Waals surface area contributed by atoms with Gasteiger partial charge in [-0.3, -0.25) is 14.4 Å². The molecule has 2 unspecified atom stereocenters. The summed E-state index contributed by atoms with van der Waals surface area (Å²) in [4.78, 5) is 42.0. The van der Waals surface area contributed by atoms with Crippen LogP contribution in [0.15, 0.2) is 30.3 Å². The van der Waals surface area contributed by atoms with E-state index in [0.29, 0.717) is 25.9 Å². The van der Waals surface area contributed by atoms with Gasteiger partial charge in [-0.2, -0.15) is 0 Å². The van der Waals surface area contributed by atoms with Crippen molar-refractivity contribution in [3.8, 4) is 0 Å². The van der Waals surface area contributed by atoms with Gasteiger partial charge in [0.15, 0.2) is 0 Å². The van der Waals surface area contributed by atoms with Crippen molar-refractivity contribution in [2.75, 3.05) is 13.2 Å². The topological polar surface area (TPSA) is 108 Å². The van der Waals surface area contributed by atoms with Crippen molar-refractivity contribution in [1.82, 2.24) is 15.5 Å². The van der Waals surface area contributed by atoms with E-state index < -0.39 is 35.1 Å². The van der Waals surface area contributed by atoms with E-state index in [2.05, 4.69) is 10.6 Å². The third kappa shape index (κ3) is 3.83. The van der Waals surface area contributed by atoms with Crippen LogP contribution in [0.5, 0.6) is 0 Å². The summed E-state index contributed by atoms with van der Waals surface area (Å²) in [7, 11) is 0. The van der Waals surface area contributed by atoms with Crippen LogP contribution in [0, 0.1) is 11.8 Å². The van der Waals surface area contributed by atoms with Crippen LogP contribution >= 0.6 is 0 Å². The molecule has 6 atom stereocenters. The smallest absolute Gasteiger partial charge is 0.245 e. The first kappa shape index (κ1) is 23.7. The highest BCUT2D eigenvalue weighted by Gasteiger charge is 2.78. The molecule has 180 valence electrons. The first-order chi connectivity index (χ1) is 15.8. The third-order valence-electron chi connectivity index (χ3n) is 7.62. The maximum atomic E-state index is 13.7. The number of carbonyl (C=O) groups excluding carboxylic acids is 3. The van der Waals surface area contributed by atoms with E-state index in [4.69, 9.17) is 4.74 Å². The molecule has 3 amide bonds. The zero-order chi connectivity index (χ0) is 23.8. The van der Waals surface area contributed by atoms with Crippen molar-refractivity contribution in [2.45, 2.75) is 76.3 Å². The maximum Gasteiger partial charge on any atom is 0.245 e. The Hall–Kier alpha value is -2.45. The standard InChI is InChI=1S/C25H35N3O5/c1-4-5-13-26-22(31)20-25-12-11-24(3,33-25)18(19(25)23(32)28(20)16(2)15-29)21(30)27-14-17-9-7-6-8-10-17/h6-10,16,18-20,29H,4-5,11-15H2,1-3H3,(H,26,31)(H,27,30)/t16-,18+,19+,20?,24-,25?/m1/s1. The van der Waals surface area contributed by atoms with Crippen molar-refractivity contribution < 1.29 is 24.2 Å². The molecule has 1 aromatic carbocycles. The Bertz CT molecular complexity index is 909. The zero-order valence-electron chi connectivity index (χ0n) is 19.7. The molecule has 8 nitrogen and oxygen atoms in total. The molecule has 0 aliphatic carbocycles. The number of aliphatic hydroxyl groups excluding tert-OH is 1. The molecule has 3 fully saturated rings. The van der Waals surface area contributed by atoms with Gasteiger partial charge >= 0.3 is 0 Å². The summed E-state index contributed by atoms with van der Waals surface area (Å²) in [5.74, 6) is -2.22. The van der Waals surface area contributed by atoms with Crippen molar-refractivity contribution in [1.29, 1.82) is 0 Å². The summed E-state index contributed by atoms with van der Waals surface area (Å²) in [6.45, 7) is 6.25. The van der Waals surface area contributed by atoms with Crippen LogP contribution in [-0.4, -0.2) is 64.2 Å². The van der Waals surface area contributed by atoms with Gasteiger partial charge in [0, 0.05) is 13.1 Å². The Morgan fingerprint density at radius 1 is 1.21 bits per heavy atom. The number of likely N-dealkylation sites (tertiary alicyclic amines) is 1. The zero-order valence-corrected chi connectivity index (χ0v) is 19.7. The Kier molecular flexibility index (Phi) is 6.51. The lowest BCUT2D eigenvalue weighted by atomic mass is 9.66. The number of nitrogens with zero attached hydrogens (tertiary/aromatic N) is 1. The van der Waals surface area contributed by atoms with Gasteiger partial charge in [0.1, 0.15) is 11.6 Å². The van der Waals surface area contributed by atoms with Crippen LogP contribution in [0.25, 0.3) is 0 Å². The first-order valence-electron chi connectivity index (χ1n) is 12.0. The van der Waals surface area contributed by atoms with Gasteiger partial charge in [-0.25, -0.2) is 0 Å². The molecule has 3 aliphatic heterocycles. The average Bonchev–Trinajstić information content (AvgIpc) is 3.38. The van der Waals surface area contributed by atoms with Crippen LogP contribution < -0.4 is 10.6 Å². The van der Waals surface area contributed by atoms with Gasteiger partial charge in [0.05, 0.1) is 30.1 Å². The molecule has 4 rings (SSSR count). The van der Waals surface area contributed by atoms with Gasteiger partial charge in [0.2, 0.25) is 17.7 Å². The summed E-state index contributed by atoms with van der Waals surface area (Å²) in [6.07, 6.45) is 2.90. The number of aliphatic hydroxyl groups is 1. The fourth-order valence-electron chi connectivity index (χ4n) is 6.01. The number of carbonyl (C=O) groups is 3. The Balaban J connectivity index is 1.63. The van der Waals surface area contributed by atoms with Gasteiger partial charge in [-0.1, -0.05) is 43.7 Å². The van der Waals surface area contributed by atoms with Crippen molar-refractivity contribution in [3.05, 3.63) is 35.9 Å². The third-order valence-corrected chi connectivity index (χ3v) is 7.62. The predicted octanol–water partition coefficient (Wildman–Crippen LogP) is 1.36. The Morgan fingerprint density at radius 2 is 1.94 bits per heavy atom. The second kappa shape index (κ2) is 9.06. The summed E-state index contributed by atoms with van der Waals surface area (Å²) in [5.41, 5.74) is -0.894. The predicted molar refractivity (Wildman–Crippen MR) is 122 cm³/mol. The fraction of sp³-hybridized carbons (Fsp3) is 0.640. The number of ether oxygens (including phenoxy) is 1. The lowest BCUT2D eigenvalue weighted by molar-refractivity contribution is -0.149. The van der Waals surface area contributed by atoms with E-state index in [1.807, 2.05) is 44.2 Å². The second-order valence-electron chi connectivity index (χ2n) is 9.85. The molecule has 3 aliphatic rings. The summed E-state index contributed by atoms with van der Waals surface area (Å²) >= 11 is 0. The second-order valence-corrected chi connectivity index (χ2v) is 9.85. The molecule has 0 saturated carbocycles. The van der Waals surface area contributed by atoms with Crippen LogP contribution in [0.1, 0.15) is 52.0 Å². The van der Waals surface area contributed by atoms with Crippen molar-refractivity contribution >= 4 is 17.7 Å². The van der Waals surface area contributed by atoms with Crippen LogP contribution in [0.2, 0.25) is 0 Å². The molecule has 0 radical (unpaired) electrons. The quantitative estimate of drug-likeness (QED) is 0.486. The van der Waals surface area contributed by atoms with Crippen LogP contribution in [-0.2, 0) is 25.7 Å². The van der Waals surface area contributed by atoms with E-state index in [1.54, 1.807) is 6.92 Å². The van der Waals surface area contributed by atoms with Crippen LogP contribution in [0.4, 0.5) is 0 Å². The molecule has 1 spiro atoms. The minimum Gasteiger partial charge on any atom is -0.394 e. The number of rotatable bonds is 9. The van der Waals surface area contributed by atoms with Gasteiger partial charge < -0.3 is 25.4 Å². The Labute approximate surface area is 195 Å². The van der Waals surface area contributed by atoms with Gasteiger partial charge in [-0.05, 0) is 38.7 Å². The summed E-state index contributed by atoms with van der Waals surface area (Å²) in [6, 6.07) is 8.19. The number of unbranched alkanes of at least 4 members (excludes halogenated alkanes) is 1. The molecule has 1 aromatic rings. The molecule has 0 aromatic heterocycles. The fourth-order valence-corrected chi connectivity index (χ4v) is 6.01. The SMILES string of the molecule is CCCCNC(=O)C1N([C@H](C)CO)C(=O)[C@@H]2[C@@H](C(=O)NCc3ccccc3)[C@@]3(C)CCC12O3. The van der Waals surface area contributed by atoms with Crippen LogP contribution in [0.3, 0.4) is 0 Å². The molecule has 2 bridgehead atoms. The summed E-state index contributed by atoms with van der Waals surface area (Å²) in [5, 5.41) is 15.8. The summed E-state index contributed by atoms with van der Waals surface area (Å²) < 4.78 is 6.53.